The molecule has 0 N–H and O–H groups in total. The van der Waals surface area contributed by atoms with Gasteiger partial charge in [0.1, 0.15) is 12.6 Å². The molecule has 0 radical (unpaired) electrons. The summed E-state index contributed by atoms with van der Waals surface area (Å²) >= 11 is 0. The van der Waals surface area contributed by atoms with Crippen LogP contribution in [0.4, 0.5) is 5.95 Å². The SMILES string of the molecule is C=CCOC[C@H]1Cn2nc([N+](=O)[O-])nc2O1. The van der Waals surface area contributed by atoms with E-state index in [4.69, 9.17) is 9.47 Å². The average Bonchev–Trinajstić information content (AvgIpc) is 2.75. The summed E-state index contributed by atoms with van der Waals surface area (Å²) in [6, 6.07) is 0.166. The normalized spacial score (nSPS) is 17.9. The lowest BCUT2D eigenvalue weighted by Gasteiger charge is -2.06. The number of rotatable bonds is 5. The van der Waals surface area contributed by atoms with Crippen LogP contribution in [0, 0.1) is 10.1 Å². The molecule has 0 bridgehead atoms. The zero-order valence-corrected chi connectivity index (χ0v) is 8.40. The van der Waals surface area contributed by atoms with Gasteiger partial charge in [-0.25, -0.2) is 0 Å². The van der Waals surface area contributed by atoms with Crippen molar-refractivity contribution in [1.29, 1.82) is 0 Å². The summed E-state index contributed by atoms with van der Waals surface area (Å²) in [6.07, 6.45) is 1.44. The first kappa shape index (κ1) is 10.6. The predicted molar refractivity (Wildman–Crippen MR) is 52.1 cm³/mol. The van der Waals surface area contributed by atoms with Gasteiger partial charge in [0.15, 0.2) is 0 Å². The molecule has 0 saturated carbocycles. The molecule has 86 valence electrons. The van der Waals surface area contributed by atoms with E-state index in [0.717, 1.165) is 0 Å². The van der Waals surface area contributed by atoms with E-state index in [-0.39, 0.29) is 12.1 Å². The summed E-state index contributed by atoms with van der Waals surface area (Å²) in [7, 11) is 0. The first-order valence-corrected chi connectivity index (χ1v) is 4.65. The number of aromatic nitrogens is 3. The van der Waals surface area contributed by atoms with E-state index >= 15 is 0 Å². The summed E-state index contributed by atoms with van der Waals surface area (Å²) in [6.45, 7) is 4.74. The molecule has 0 unspecified atom stereocenters. The molecule has 0 spiro atoms. The third-order valence-electron chi connectivity index (χ3n) is 1.98. The van der Waals surface area contributed by atoms with Crippen LogP contribution in [0.5, 0.6) is 6.01 Å². The van der Waals surface area contributed by atoms with E-state index < -0.39 is 10.9 Å². The lowest BCUT2D eigenvalue weighted by molar-refractivity contribution is -0.394. The smallest absolute Gasteiger partial charge is 0.443 e. The number of nitro groups is 1. The molecule has 8 nitrogen and oxygen atoms in total. The number of hydrogen-bond acceptors (Lipinski definition) is 6. The quantitative estimate of drug-likeness (QED) is 0.307. The Labute approximate surface area is 90.6 Å². The molecule has 0 fully saturated rings. The van der Waals surface area contributed by atoms with Crippen molar-refractivity contribution in [2.75, 3.05) is 13.2 Å². The van der Waals surface area contributed by atoms with E-state index in [0.29, 0.717) is 19.8 Å². The van der Waals surface area contributed by atoms with Crippen LogP contribution in [0.25, 0.3) is 0 Å². The van der Waals surface area contributed by atoms with Gasteiger partial charge in [-0.1, -0.05) is 6.08 Å². The van der Waals surface area contributed by atoms with Crippen molar-refractivity contribution in [2.45, 2.75) is 12.6 Å². The number of hydrogen-bond donors (Lipinski definition) is 0. The Morgan fingerprint density at radius 1 is 1.81 bits per heavy atom. The van der Waals surface area contributed by atoms with Gasteiger partial charge < -0.3 is 19.6 Å². The molecule has 2 rings (SSSR count). The van der Waals surface area contributed by atoms with Crippen LogP contribution >= 0.6 is 0 Å². The second-order valence-electron chi connectivity index (χ2n) is 3.20. The first-order valence-electron chi connectivity index (χ1n) is 4.65. The van der Waals surface area contributed by atoms with Crippen molar-refractivity contribution in [2.24, 2.45) is 0 Å². The number of ether oxygens (including phenoxy) is 2. The highest BCUT2D eigenvalue weighted by Crippen LogP contribution is 2.21. The second kappa shape index (κ2) is 4.27. The molecule has 1 aromatic rings. The molecule has 0 amide bonds. The Bertz CT molecular complexity index is 393. The summed E-state index contributed by atoms with van der Waals surface area (Å²) in [5.74, 6) is -0.444. The van der Waals surface area contributed by atoms with Crippen LogP contribution < -0.4 is 4.74 Å². The van der Waals surface area contributed by atoms with Crippen LogP contribution in [0.2, 0.25) is 0 Å². The molecule has 1 atom stereocenters. The molecule has 0 aliphatic carbocycles. The summed E-state index contributed by atoms with van der Waals surface area (Å²) in [5, 5.41) is 14.0. The van der Waals surface area contributed by atoms with Crippen LogP contribution in [-0.2, 0) is 11.3 Å². The predicted octanol–water partition coefficient (Wildman–Crippen LogP) is 0.150. The van der Waals surface area contributed by atoms with Gasteiger partial charge in [0.05, 0.1) is 13.2 Å². The highest BCUT2D eigenvalue weighted by molar-refractivity contribution is 5.11. The fourth-order valence-electron chi connectivity index (χ4n) is 1.35. The summed E-state index contributed by atoms with van der Waals surface area (Å²) in [4.78, 5) is 13.3. The Balaban J connectivity index is 1.92. The standard InChI is InChI=1S/C8H10N4O4/c1-2-3-15-5-6-4-11-8(16-6)9-7(10-11)12(13)14/h2,6H,1,3-5H2/t6-/m1/s1. The third kappa shape index (κ3) is 2.01. The average molecular weight is 226 g/mol. The van der Waals surface area contributed by atoms with E-state index in [1.54, 1.807) is 6.08 Å². The van der Waals surface area contributed by atoms with Gasteiger partial charge in [0.25, 0.3) is 0 Å². The maximum absolute atomic E-state index is 10.4. The van der Waals surface area contributed by atoms with Crippen molar-refractivity contribution in [3.05, 3.63) is 22.8 Å². The topological polar surface area (TPSA) is 92.3 Å². The largest absolute Gasteiger partial charge is 0.494 e. The molecule has 8 heteroatoms. The fraction of sp³-hybridized carbons (Fsp3) is 0.500. The van der Waals surface area contributed by atoms with Crippen molar-refractivity contribution in [1.82, 2.24) is 14.8 Å². The van der Waals surface area contributed by atoms with Gasteiger partial charge in [-0.05, 0) is 9.91 Å². The Kier molecular flexibility index (Phi) is 2.82. The molecular formula is C8H10N4O4. The van der Waals surface area contributed by atoms with Crippen molar-refractivity contribution < 1.29 is 14.4 Å². The van der Waals surface area contributed by atoms with E-state index in [1.165, 1.54) is 4.68 Å². The van der Waals surface area contributed by atoms with Gasteiger partial charge in [-0.15, -0.1) is 11.3 Å². The van der Waals surface area contributed by atoms with Gasteiger partial charge in [-0.2, -0.15) is 0 Å². The summed E-state index contributed by atoms with van der Waals surface area (Å²) in [5.41, 5.74) is 0. The van der Waals surface area contributed by atoms with E-state index in [9.17, 15) is 10.1 Å². The number of nitrogens with zero attached hydrogens (tertiary/aromatic N) is 4. The molecule has 0 aromatic carbocycles. The molecule has 1 aromatic heterocycles. The minimum absolute atomic E-state index is 0.166. The lowest BCUT2D eigenvalue weighted by Crippen LogP contribution is -2.22. The minimum Gasteiger partial charge on any atom is -0.443 e. The molecular weight excluding hydrogens is 216 g/mol. The van der Waals surface area contributed by atoms with Gasteiger partial charge in [0, 0.05) is 5.10 Å². The molecule has 1 aliphatic rings. The zero-order valence-electron chi connectivity index (χ0n) is 8.40. The summed E-state index contributed by atoms with van der Waals surface area (Å²) < 4.78 is 11.9. The Morgan fingerprint density at radius 2 is 2.62 bits per heavy atom. The van der Waals surface area contributed by atoms with Crippen molar-refractivity contribution in [3.8, 4) is 6.01 Å². The van der Waals surface area contributed by atoms with Crippen LogP contribution in [0.3, 0.4) is 0 Å². The Hall–Kier alpha value is -1.96. The highest BCUT2D eigenvalue weighted by Gasteiger charge is 2.33. The first-order chi connectivity index (χ1) is 7.70. The third-order valence-corrected chi connectivity index (χ3v) is 1.98. The van der Waals surface area contributed by atoms with Crippen molar-refractivity contribution >= 4 is 5.95 Å². The molecule has 1 aliphatic heterocycles. The highest BCUT2D eigenvalue weighted by atomic mass is 16.6. The molecule has 0 saturated heterocycles. The lowest BCUT2D eigenvalue weighted by atomic mass is 10.4. The zero-order chi connectivity index (χ0) is 11.5. The van der Waals surface area contributed by atoms with Gasteiger partial charge >= 0.3 is 12.0 Å². The van der Waals surface area contributed by atoms with Crippen molar-refractivity contribution in [3.63, 3.8) is 0 Å². The van der Waals surface area contributed by atoms with E-state index in [1.807, 2.05) is 0 Å². The monoisotopic (exact) mass is 226 g/mol. The maximum atomic E-state index is 10.4. The Morgan fingerprint density at radius 3 is 3.25 bits per heavy atom. The minimum atomic E-state index is -0.655. The van der Waals surface area contributed by atoms with Crippen LogP contribution in [-0.4, -0.2) is 39.0 Å². The molecule has 2 heterocycles. The molecule has 16 heavy (non-hydrogen) atoms. The number of fused-ring (bicyclic) bond motifs is 1. The van der Waals surface area contributed by atoms with Crippen LogP contribution in [0.1, 0.15) is 0 Å². The van der Waals surface area contributed by atoms with Crippen LogP contribution in [0.15, 0.2) is 12.7 Å². The van der Waals surface area contributed by atoms with Gasteiger partial charge in [-0.3, -0.25) is 0 Å². The van der Waals surface area contributed by atoms with E-state index in [2.05, 4.69) is 16.7 Å². The second-order valence-corrected chi connectivity index (χ2v) is 3.20. The maximum Gasteiger partial charge on any atom is 0.494 e. The van der Waals surface area contributed by atoms with Gasteiger partial charge in [0.2, 0.25) is 0 Å². The fourth-order valence-corrected chi connectivity index (χ4v) is 1.35.